The SMILES string of the molecule is C#CCC(CC)NC(=O)CCCNC. The molecule has 0 bridgehead atoms. The van der Waals surface area contributed by atoms with Gasteiger partial charge in [-0.15, -0.1) is 12.3 Å². The van der Waals surface area contributed by atoms with E-state index in [4.69, 9.17) is 6.42 Å². The van der Waals surface area contributed by atoms with E-state index in [1.807, 2.05) is 14.0 Å². The van der Waals surface area contributed by atoms with Crippen molar-refractivity contribution in [1.82, 2.24) is 10.6 Å². The fourth-order valence-corrected chi connectivity index (χ4v) is 1.17. The zero-order chi connectivity index (χ0) is 10.8. The zero-order valence-corrected chi connectivity index (χ0v) is 9.10. The third-order valence-electron chi connectivity index (χ3n) is 2.05. The molecule has 0 aliphatic heterocycles. The maximum atomic E-state index is 11.4. The van der Waals surface area contributed by atoms with Crippen molar-refractivity contribution in [3.63, 3.8) is 0 Å². The lowest BCUT2D eigenvalue weighted by Crippen LogP contribution is -2.34. The van der Waals surface area contributed by atoms with Crippen LogP contribution in [0, 0.1) is 12.3 Å². The van der Waals surface area contributed by atoms with E-state index in [1.165, 1.54) is 0 Å². The van der Waals surface area contributed by atoms with Crippen molar-refractivity contribution in [3.8, 4) is 12.3 Å². The van der Waals surface area contributed by atoms with Crippen LogP contribution in [0.25, 0.3) is 0 Å². The summed E-state index contributed by atoms with van der Waals surface area (Å²) in [5.74, 6) is 2.66. The quantitative estimate of drug-likeness (QED) is 0.469. The largest absolute Gasteiger partial charge is 0.352 e. The van der Waals surface area contributed by atoms with Crippen molar-refractivity contribution in [2.24, 2.45) is 0 Å². The number of carbonyl (C=O) groups is 1. The summed E-state index contributed by atoms with van der Waals surface area (Å²) in [5.41, 5.74) is 0. The van der Waals surface area contributed by atoms with Crippen LogP contribution >= 0.6 is 0 Å². The van der Waals surface area contributed by atoms with Crippen LogP contribution in [0.2, 0.25) is 0 Å². The molecule has 0 spiro atoms. The molecule has 3 nitrogen and oxygen atoms in total. The van der Waals surface area contributed by atoms with Crippen molar-refractivity contribution >= 4 is 5.91 Å². The Morgan fingerprint density at radius 3 is 2.79 bits per heavy atom. The molecule has 1 atom stereocenters. The molecule has 2 N–H and O–H groups in total. The molecule has 0 aliphatic rings. The molecule has 0 aromatic carbocycles. The molecule has 0 saturated carbocycles. The monoisotopic (exact) mass is 196 g/mol. The average molecular weight is 196 g/mol. The van der Waals surface area contributed by atoms with Crippen molar-refractivity contribution in [2.45, 2.75) is 38.6 Å². The van der Waals surface area contributed by atoms with Crippen LogP contribution in [-0.4, -0.2) is 25.5 Å². The van der Waals surface area contributed by atoms with Gasteiger partial charge in [0.1, 0.15) is 0 Å². The fraction of sp³-hybridized carbons (Fsp3) is 0.727. The third-order valence-corrected chi connectivity index (χ3v) is 2.05. The Hall–Kier alpha value is -1.01. The highest BCUT2D eigenvalue weighted by Gasteiger charge is 2.07. The van der Waals surface area contributed by atoms with Gasteiger partial charge in [-0.1, -0.05) is 6.92 Å². The Bertz CT molecular complexity index is 196. The van der Waals surface area contributed by atoms with E-state index in [1.54, 1.807) is 0 Å². The Kier molecular flexibility index (Phi) is 7.96. The van der Waals surface area contributed by atoms with Gasteiger partial charge in [-0.3, -0.25) is 4.79 Å². The van der Waals surface area contributed by atoms with E-state index in [2.05, 4.69) is 16.6 Å². The molecule has 0 saturated heterocycles. The van der Waals surface area contributed by atoms with Gasteiger partial charge in [0, 0.05) is 18.9 Å². The highest BCUT2D eigenvalue weighted by Crippen LogP contribution is 1.97. The minimum absolute atomic E-state index is 0.0994. The van der Waals surface area contributed by atoms with Crippen LogP contribution in [0.1, 0.15) is 32.6 Å². The predicted molar refractivity (Wildman–Crippen MR) is 58.8 cm³/mol. The first-order chi connectivity index (χ1) is 6.74. The van der Waals surface area contributed by atoms with Gasteiger partial charge >= 0.3 is 0 Å². The molecule has 0 radical (unpaired) electrons. The van der Waals surface area contributed by atoms with Crippen LogP contribution in [0.3, 0.4) is 0 Å². The number of terminal acetylenes is 1. The van der Waals surface area contributed by atoms with E-state index >= 15 is 0 Å². The summed E-state index contributed by atoms with van der Waals surface area (Å²) in [4.78, 5) is 11.4. The summed E-state index contributed by atoms with van der Waals surface area (Å²) in [5, 5.41) is 5.92. The molecule has 14 heavy (non-hydrogen) atoms. The van der Waals surface area contributed by atoms with Crippen LogP contribution in [0.15, 0.2) is 0 Å². The smallest absolute Gasteiger partial charge is 0.220 e. The van der Waals surface area contributed by atoms with Gasteiger partial charge in [-0.25, -0.2) is 0 Å². The second-order valence-electron chi connectivity index (χ2n) is 3.29. The molecule has 80 valence electrons. The predicted octanol–water partition coefficient (Wildman–Crippen LogP) is 0.904. The van der Waals surface area contributed by atoms with Crippen LogP contribution in [0.5, 0.6) is 0 Å². The standard InChI is InChI=1S/C11H20N2O/c1-4-7-10(5-2)13-11(14)8-6-9-12-3/h1,10,12H,5-9H2,2-3H3,(H,13,14). The van der Waals surface area contributed by atoms with Gasteiger partial charge in [0.05, 0.1) is 0 Å². The summed E-state index contributed by atoms with van der Waals surface area (Å²) < 4.78 is 0. The molecule has 0 fully saturated rings. The van der Waals surface area contributed by atoms with Gasteiger partial charge in [-0.2, -0.15) is 0 Å². The Morgan fingerprint density at radius 2 is 2.29 bits per heavy atom. The maximum absolute atomic E-state index is 11.4. The molecule has 0 aromatic heterocycles. The van der Waals surface area contributed by atoms with Gasteiger partial charge in [0.15, 0.2) is 0 Å². The Morgan fingerprint density at radius 1 is 1.57 bits per heavy atom. The van der Waals surface area contributed by atoms with E-state index in [0.717, 1.165) is 19.4 Å². The summed E-state index contributed by atoms with van der Waals surface area (Å²) in [6.45, 7) is 2.90. The lowest BCUT2D eigenvalue weighted by molar-refractivity contribution is -0.121. The van der Waals surface area contributed by atoms with E-state index in [9.17, 15) is 4.79 Å². The minimum Gasteiger partial charge on any atom is -0.352 e. The van der Waals surface area contributed by atoms with Gasteiger partial charge in [-0.05, 0) is 26.4 Å². The van der Waals surface area contributed by atoms with Crippen LogP contribution in [-0.2, 0) is 4.79 Å². The number of hydrogen-bond donors (Lipinski definition) is 2. The molecule has 1 amide bonds. The van der Waals surface area contributed by atoms with E-state index in [0.29, 0.717) is 12.8 Å². The third kappa shape index (κ3) is 6.50. The van der Waals surface area contributed by atoms with Gasteiger partial charge in [0.25, 0.3) is 0 Å². The number of rotatable bonds is 7. The fourth-order valence-electron chi connectivity index (χ4n) is 1.17. The lowest BCUT2D eigenvalue weighted by atomic mass is 10.1. The van der Waals surface area contributed by atoms with E-state index < -0.39 is 0 Å². The van der Waals surface area contributed by atoms with Crippen molar-refractivity contribution in [1.29, 1.82) is 0 Å². The van der Waals surface area contributed by atoms with Crippen LogP contribution < -0.4 is 10.6 Å². The Labute approximate surface area is 86.6 Å². The second-order valence-corrected chi connectivity index (χ2v) is 3.29. The normalized spacial score (nSPS) is 11.8. The Balaban J connectivity index is 3.63. The molecule has 0 aliphatic carbocycles. The van der Waals surface area contributed by atoms with Crippen molar-refractivity contribution in [2.75, 3.05) is 13.6 Å². The molecule has 3 heteroatoms. The highest BCUT2D eigenvalue weighted by atomic mass is 16.1. The van der Waals surface area contributed by atoms with E-state index in [-0.39, 0.29) is 11.9 Å². The molecule has 0 rings (SSSR count). The molecular weight excluding hydrogens is 176 g/mol. The van der Waals surface area contributed by atoms with Crippen molar-refractivity contribution in [3.05, 3.63) is 0 Å². The average Bonchev–Trinajstić information content (AvgIpc) is 2.17. The molecule has 0 heterocycles. The first-order valence-corrected chi connectivity index (χ1v) is 5.12. The van der Waals surface area contributed by atoms with Crippen molar-refractivity contribution < 1.29 is 4.79 Å². The molecule has 1 unspecified atom stereocenters. The first kappa shape index (κ1) is 13.0. The summed E-state index contributed by atoms with van der Waals surface area (Å²) >= 11 is 0. The summed E-state index contributed by atoms with van der Waals surface area (Å²) in [6.07, 6.45) is 8.14. The van der Waals surface area contributed by atoms with Gasteiger partial charge < -0.3 is 10.6 Å². The molecule has 0 aromatic rings. The first-order valence-electron chi connectivity index (χ1n) is 5.12. The van der Waals surface area contributed by atoms with Gasteiger partial charge in [0.2, 0.25) is 5.91 Å². The number of amides is 1. The molecular formula is C11H20N2O. The maximum Gasteiger partial charge on any atom is 0.220 e. The van der Waals surface area contributed by atoms with Crippen LogP contribution in [0.4, 0.5) is 0 Å². The number of nitrogens with one attached hydrogen (secondary N) is 2. The summed E-state index contributed by atoms with van der Waals surface area (Å²) in [6, 6.07) is 0.141. The summed E-state index contributed by atoms with van der Waals surface area (Å²) in [7, 11) is 1.88. The number of hydrogen-bond acceptors (Lipinski definition) is 2. The topological polar surface area (TPSA) is 41.1 Å². The highest BCUT2D eigenvalue weighted by molar-refractivity contribution is 5.76. The lowest BCUT2D eigenvalue weighted by Gasteiger charge is -2.13. The minimum atomic E-state index is 0.0994. The zero-order valence-electron chi connectivity index (χ0n) is 9.10. The number of carbonyl (C=O) groups excluding carboxylic acids is 1. The second kappa shape index (κ2) is 8.58.